The van der Waals surface area contributed by atoms with Crippen LogP contribution in [-0.4, -0.2) is 29.0 Å². The number of anilines is 1. The molecule has 0 saturated carbocycles. The van der Waals surface area contributed by atoms with Gasteiger partial charge in [0.05, 0.1) is 12.2 Å². The number of nitrogens with one attached hydrogen (secondary N) is 1. The average molecular weight is 257 g/mol. The van der Waals surface area contributed by atoms with E-state index < -0.39 is 0 Å². The lowest BCUT2D eigenvalue weighted by molar-refractivity contribution is -0.122. The maximum atomic E-state index is 11.4. The van der Waals surface area contributed by atoms with Crippen molar-refractivity contribution >= 4 is 23.3 Å². The van der Waals surface area contributed by atoms with Gasteiger partial charge in [-0.15, -0.1) is 0 Å². The molecule has 0 radical (unpaired) electrons. The Balaban J connectivity index is 2.25. The van der Waals surface area contributed by atoms with Crippen LogP contribution in [0.5, 0.6) is 0 Å². The van der Waals surface area contributed by atoms with Crippen molar-refractivity contribution in [1.82, 2.24) is 9.97 Å². The van der Waals surface area contributed by atoms with E-state index in [2.05, 4.69) is 9.97 Å². The molecule has 1 saturated heterocycles. The number of nitrogens with zero attached hydrogens (tertiary/aromatic N) is 2. The summed E-state index contributed by atoms with van der Waals surface area (Å²) in [7, 11) is 0. The standard InChI is InChI=1S/C10H13ClN4O2/c11-7-9(13-5-14-10(7)17)15-3-1-2-6(4-15)8(12)16/h5-6H,1-4H2,(H2,12,16)(H,13,14,17). The topological polar surface area (TPSA) is 92.1 Å². The van der Waals surface area contributed by atoms with E-state index in [0.29, 0.717) is 12.4 Å². The Morgan fingerprint density at radius 2 is 2.41 bits per heavy atom. The van der Waals surface area contributed by atoms with Gasteiger partial charge in [0.2, 0.25) is 5.91 Å². The van der Waals surface area contributed by atoms with Crippen LogP contribution in [0, 0.1) is 5.92 Å². The minimum atomic E-state index is -0.377. The van der Waals surface area contributed by atoms with Gasteiger partial charge in [0, 0.05) is 13.1 Å². The highest BCUT2D eigenvalue weighted by Crippen LogP contribution is 2.24. The fourth-order valence-electron chi connectivity index (χ4n) is 2.00. The predicted molar refractivity (Wildman–Crippen MR) is 64.0 cm³/mol. The number of primary amides is 1. The van der Waals surface area contributed by atoms with E-state index in [4.69, 9.17) is 17.3 Å². The lowest BCUT2D eigenvalue weighted by atomic mass is 9.97. The third kappa shape index (κ3) is 2.41. The number of aromatic amines is 1. The number of hydrogen-bond acceptors (Lipinski definition) is 4. The van der Waals surface area contributed by atoms with Crippen molar-refractivity contribution in [3.8, 4) is 0 Å². The molecule has 2 rings (SSSR count). The Kier molecular flexibility index (Phi) is 3.33. The molecule has 1 amide bonds. The smallest absolute Gasteiger partial charge is 0.271 e. The number of halogens is 1. The first-order valence-corrected chi connectivity index (χ1v) is 5.75. The molecule has 1 aromatic rings. The van der Waals surface area contributed by atoms with Crippen molar-refractivity contribution < 1.29 is 4.79 Å². The van der Waals surface area contributed by atoms with Gasteiger partial charge >= 0.3 is 0 Å². The summed E-state index contributed by atoms with van der Waals surface area (Å²) in [4.78, 5) is 30.8. The summed E-state index contributed by atoms with van der Waals surface area (Å²) < 4.78 is 0. The van der Waals surface area contributed by atoms with E-state index in [1.165, 1.54) is 6.33 Å². The van der Waals surface area contributed by atoms with Gasteiger partial charge in [-0.1, -0.05) is 11.6 Å². The van der Waals surface area contributed by atoms with Gasteiger partial charge < -0.3 is 15.6 Å². The van der Waals surface area contributed by atoms with Crippen LogP contribution in [0.3, 0.4) is 0 Å². The molecule has 3 N–H and O–H groups in total. The molecular weight excluding hydrogens is 244 g/mol. The molecule has 1 fully saturated rings. The normalized spacial score (nSPS) is 20.3. The third-order valence-corrected chi connectivity index (χ3v) is 3.24. The van der Waals surface area contributed by atoms with Crippen LogP contribution in [0.25, 0.3) is 0 Å². The number of piperidine rings is 1. The van der Waals surface area contributed by atoms with E-state index in [1.54, 1.807) is 0 Å². The average Bonchev–Trinajstić information content (AvgIpc) is 2.33. The van der Waals surface area contributed by atoms with Crippen molar-refractivity contribution in [3.63, 3.8) is 0 Å². The summed E-state index contributed by atoms with van der Waals surface area (Å²) in [5.41, 5.74) is 4.91. The first-order valence-electron chi connectivity index (χ1n) is 5.37. The molecule has 6 nitrogen and oxygen atoms in total. The Bertz CT molecular complexity index is 487. The molecule has 0 spiro atoms. The number of aromatic nitrogens is 2. The fraction of sp³-hybridized carbons (Fsp3) is 0.500. The van der Waals surface area contributed by atoms with Crippen molar-refractivity contribution in [2.24, 2.45) is 11.7 Å². The summed E-state index contributed by atoms with van der Waals surface area (Å²) in [5.74, 6) is -0.113. The number of rotatable bonds is 2. The lowest BCUT2D eigenvalue weighted by Gasteiger charge is -2.32. The molecule has 1 atom stereocenters. The third-order valence-electron chi connectivity index (χ3n) is 2.90. The van der Waals surface area contributed by atoms with E-state index in [0.717, 1.165) is 19.4 Å². The SMILES string of the molecule is NC(=O)C1CCCN(c2nc[nH]c(=O)c2Cl)C1. The largest absolute Gasteiger partial charge is 0.369 e. The maximum absolute atomic E-state index is 11.4. The van der Waals surface area contributed by atoms with Gasteiger partial charge in [0.25, 0.3) is 5.56 Å². The summed E-state index contributed by atoms with van der Waals surface area (Å²) in [6.07, 6.45) is 2.91. The molecule has 1 unspecified atom stereocenters. The Hall–Kier alpha value is -1.56. The minimum absolute atomic E-state index is 0.0534. The zero-order valence-electron chi connectivity index (χ0n) is 9.15. The maximum Gasteiger partial charge on any atom is 0.271 e. The second-order valence-corrected chi connectivity index (χ2v) is 4.43. The fourth-order valence-corrected chi connectivity index (χ4v) is 2.22. The van der Waals surface area contributed by atoms with E-state index in [-0.39, 0.29) is 22.4 Å². The highest BCUT2D eigenvalue weighted by atomic mass is 35.5. The van der Waals surface area contributed by atoms with Crippen LogP contribution >= 0.6 is 11.6 Å². The first-order chi connectivity index (χ1) is 8.09. The Morgan fingerprint density at radius 1 is 1.65 bits per heavy atom. The van der Waals surface area contributed by atoms with Crippen LogP contribution in [0.1, 0.15) is 12.8 Å². The van der Waals surface area contributed by atoms with Gasteiger partial charge in [0.15, 0.2) is 5.82 Å². The van der Waals surface area contributed by atoms with E-state index in [1.807, 2.05) is 4.90 Å². The molecular formula is C10H13ClN4O2. The Morgan fingerprint density at radius 3 is 3.12 bits per heavy atom. The van der Waals surface area contributed by atoms with E-state index in [9.17, 15) is 9.59 Å². The summed E-state index contributed by atoms with van der Waals surface area (Å²) in [6, 6.07) is 0. The molecule has 92 valence electrons. The van der Waals surface area contributed by atoms with Crippen LogP contribution in [0.4, 0.5) is 5.82 Å². The molecule has 2 heterocycles. The summed E-state index contributed by atoms with van der Waals surface area (Å²) in [6.45, 7) is 1.19. The number of H-pyrrole nitrogens is 1. The molecule has 1 aromatic heterocycles. The zero-order chi connectivity index (χ0) is 12.4. The van der Waals surface area contributed by atoms with Gasteiger partial charge in [-0.2, -0.15) is 0 Å². The second-order valence-electron chi connectivity index (χ2n) is 4.06. The van der Waals surface area contributed by atoms with E-state index >= 15 is 0 Å². The monoisotopic (exact) mass is 256 g/mol. The lowest BCUT2D eigenvalue weighted by Crippen LogP contribution is -2.42. The number of carbonyl (C=O) groups is 1. The van der Waals surface area contributed by atoms with Gasteiger partial charge in [-0.3, -0.25) is 9.59 Å². The number of amides is 1. The quantitative estimate of drug-likeness (QED) is 0.786. The highest BCUT2D eigenvalue weighted by Gasteiger charge is 2.26. The number of hydrogen-bond donors (Lipinski definition) is 2. The van der Waals surface area contributed by atoms with Crippen LogP contribution < -0.4 is 16.2 Å². The second kappa shape index (κ2) is 4.75. The molecule has 17 heavy (non-hydrogen) atoms. The van der Waals surface area contributed by atoms with Crippen molar-refractivity contribution in [2.75, 3.05) is 18.0 Å². The van der Waals surface area contributed by atoms with Crippen molar-refractivity contribution in [1.29, 1.82) is 0 Å². The van der Waals surface area contributed by atoms with Gasteiger partial charge in [-0.25, -0.2) is 4.98 Å². The number of carbonyl (C=O) groups excluding carboxylic acids is 1. The molecule has 0 bridgehead atoms. The number of nitrogens with two attached hydrogens (primary N) is 1. The molecule has 0 aliphatic carbocycles. The summed E-state index contributed by atoms with van der Waals surface area (Å²) in [5, 5.41) is 0.0534. The molecule has 7 heteroatoms. The molecule has 1 aliphatic rings. The van der Waals surface area contributed by atoms with Gasteiger partial charge in [0.1, 0.15) is 5.02 Å². The Labute approximate surface area is 103 Å². The highest BCUT2D eigenvalue weighted by molar-refractivity contribution is 6.32. The van der Waals surface area contributed by atoms with Crippen LogP contribution in [-0.2, 0) is 4.79 Å². The van der Waals surface area contributed by atoms with Gasteiger partial charge in [-0.05, 0) is 12.8 Å². The van der Waals surface area contributed by atoms with Crippen molar-refractivity contribution in [3.05, 3.63) is 21.7 Å². The summed E-state index contributed by atoms with van der Waals surface area (Å²) >= 11 is 5.89. The molecule has 0 aromatic carbocycles. The van der Waals surface area contributed by atoms with Crippen LogP contribution in [0.15, 0.2) is 11.1 Å². The predicted octanol–water partition coefficient (Wildman–Crippen LogP) is 0.125. The molecule has 1 aliphatic heterocycles. The minimum Gasteiger partial charge on any atom is -0.369 e. The van der Waals surface area contributed by atoms with Crippen molar-refractivity contribution in [2.45, 2.75) is 12.8 Å². The zero-order valence-corrected chi connectivity index (χ0v) is 9.91. The van der Waals surface area contributed by atoms with Crippen LogP contribution in [0.2, 0.25) is 5.02 Å². The first kappa shape index (κ1) is 11.9.